The molecule has 1 aliphatic rings. The highest BCUT2D eigenvalue weighted by Crippen LogP contribution is 2.37. The van der Waals surface area contributed by atoms with Crippen LogP contribution in [0.25, 0.3) is 0 Å². The number of hydrogen-bond acceptors (Lipinski definition) is 4. The topological polar surface area (TPSA) is 75.4 Å². The van der Waals surface area contributed by atoms with Gasteiger partial charge in [0, 0.05) is 25.1 Å². The van der Waals surface area contributed by atoms with Gasteiger partial charge in [-0.2, -0.15) is 0 Å². The summed E-state index contributed by atoms with van der Waals surface area (Å²) < 4.78 is 18.9. The fourth-order valence-electron chi connectivity index (χ4n) is 2.95. The van der Waals surface area contributed by atoms with E-state index in [9.17, 15) is 14.0 Å². The van der Waals surface area contributed by atoms with Crippen molar-refractivity contribution in [1.82, 2.24) is 10.1 Å². The fraction of sp³-hybridized carbons (Fsp3) is 0.312. The fourth-order valence-corrected chi connectivity index (χ4v) is 2.95. The van der Waals surface area contributed by atoms with Crippen LogP contribution >= 0.6 is 0 Å². The van der Waals surface area contributed by atoms with Gasteiger partial charge in [0.15, 0.2) is 5.82 Å². The Labute approximate surface area is 132 Å². The molecular weight excluding hydrogens is 301 g/mol. The maximum Gasteiger partial charge on any atom is 0.231 e. The van der Waals surface area contributed by atoms with Crippen molar-refractivity contribution in [3.63, 3.8) is 0 Å². The summed E-state index contributed by atoms with van der Waals surface area (Å²) >= 11 is 0. The summed E-state index contributed by atoms with van der Waals surface area (Å²) in [6.07, 6.45) is 1.95. The number of halogens is 1. The molecule has 0 bridgehead atoms. The second kappa shape index (κ2) is 6.20. The van der Waals surface area contributed by atoms with Crippen LogP contribution in [-0.2, 0) is 9.59 Å². The van der Waals surface area contributed by atoms with Crippen molar-refractivity contribution in [2.45, 2.75) is 18.9 Å². The Morgan fingerprint density at radius 2 is 2.17 bits per heavy atom. The Kier molecular flexibility index (Phi) is 4.10. The third-order valence-electron chi connectivity index (χ3n) is 4.11. The molecule has 120 valence electrons. The predicted molar refractivity (Wildman–Crippen MR) is 79.8 cm³/mol. The molecule has 1 aromatic carbocycles. The molecule has 7 heteroatoms. The van der Waals surface area contributed by atoms with Crippen molar-refractivity contribution in [1.29, 1.82) is 0 Å². The van der Waals surface area contributed by atoms with Crippen molar-refractivity contribution in [3.05, 3.63) is 48.0 Å². The second-order valence-electron chi connectivity index (χ2n) is 5.49. The molecule has 0 unspecified atom stereocenters. The molecule has 1 aromatic heterocycles. The Bertz CT molecular complexity index is 717. The van der Waals surface area contributed by atoms with Crippen LogP contribution in [0.2, 0.25) is 0 Å². The average Bonchev–Trinajstić information content (AvgIpc) is 3.03. The first-order valence-corrected chi connectivity index (χ1v) is 7.29. The van der Waals surface area contributed by atoms with E-state index in [2.05, 4.69) is 15.0 Å². The van der Waals surface area contributed by atoms with Crippen LogP contribution in [0, 0.1) is 11.7 Å². The van der Waals surface area contributed by atoms with Gasteiger partial charge in [-0.15, -0.1) is 0 Å². The molecule has 0 radical (unpaired) electrons. The van der Waals surface area contributed by atoms with Crippen molar-refractivity contribution < 1.29 is 18.5 Å². The zero-order valence-electron chi connectivity index (χ0n) is 12.5. The van der Waals surface area contributed by atoms with Crippen molar-refractivity contribution in [2.24, 2.45) is 5.92 Å². The van der Waals surface area contributed by atoms with Crippen LogP contribution in [-0.4, -0.2) is 28.9 Å². The Morgan fingerprint density at radius 1 is 1.39 bits per heavy atom. The quantitative estimate of drug-likeness (QED) is 0.943. The lowest BCUT2D eigenvalue weighted by Gasteiger charge is -2.38. The summed E-state index contributed by atoms with van der Waals surface area (Å²) in [6.45, 7) is 0. The molecule has 0 spiro atoms. The van der Waals surface area contributed by atoms with Crippen molar-refractivity contribution in [2.75, 3.05) is 12.4 Å². The standard InChI is InChI=1S/C16H16FN3O3/c1-20-14(21)7-6-11(16(22)18-13-8-9-23-19-13)15(20)10-4-2-3-5-12(10)17/h2-5,8-9,11,15H,6-7H2,1H3,(H,18,19,22)/t11-,15-/m1/s1. The number of anilines is 1. The Hall–Kier alpha value is -2.70. The number of likely N-dealkylation sites (tertiary alicyclic amines) is 1. The highest BCUT2D eigenvalue weighted by Gasteiger charge is 2.40. The van der Waals surface area contributed by atoms with Gasteiger partial charge in [0.2, 0.25) is 11.8 Å². The number of benzene rings is 1. The Morgan fingerprint density at radius 3 is 2.87 bits per heavy atom. The summed E-state index contributed by atoms with van der Waals surface area (Å²) in [5.41, 5.74) is 0.336. The first kappa shape index (κ1) is 15.2. The molecule has 2 amide bonds. The molecule has 2 atom stereocenters. The van der Waals surface area contributed by atoms with Crippen LogP contribution in [0.1, 0.15) is 24.4 Å². The number of nitrogens with zero attached hydrogens (tertiary/aromatic N) is 2. The van der Waals surface area contributed by atoms with Gasteiger partial charge >= 0.3 is 0 Å². The summed E-state index contributed by atoms with van der Waals surface area (Å²) in [5, 5.41) is 6.28. The van der Waals surface area contributed by atoms with E-state index in [1.165, 1.54) is 23.3 Å². The molecule has 23 heavy (non-hydrogen) atoms. The van der Waals surface area contributed by atoms with Gasteiger partial charge in [-0.05, 0) is 12.5 Å². The molecule has 6 nitrogen and oxygen atoms in total. The predicted octanol–water partition coefficient (Wildman–Crippen LogP) is 2.36. The minimum atomic E-state index is -0.649. The normalized spacial score (nSPS) is 21.3. The van der Waals surface area contributed by atoms with Gasteiger partial charge < -0.3 is 14.7 Å². The summed E-state index contributed by atoms with van der Waals surface area (Å²) in [4.78, 5) is 26.0. The largest absolute Gasteiger partial charge is 0.363 e. The Balaban J connectivity index is 1.91. The van der Waals surface area contributed by atoms with Gasteiger partial charge in [0.25, 0.3) is 0 Å². The molecule has 0 aliphatic carbocycles. The van der Waals surface area contributed by atoms with Crippen LogP contribution in [0.4, 0.5) is 10.2 Å². The van der Waals surface area contributed by atoms with Crippen molar-refractivity contribution in [3.8, 4) is 0 Å². The molecule has 1 aliphatic heterocycles. The average molecular weight is 317 g/mol. The van der Waals surface area contributed by atoms with Crippen LogP contribution in [0.15, 0.2) is 41.1 Å². The highest BCUT2D eigenvalue weighted by molar-refractivity contribution is 5.93. The van der Waals surface area contributed by atoms with E-state index in [4.69, 9.17) is 0 Å². The maximum absolute atomic E-state index is 14.2. The zero-order chi connectivity index (χ0) is 16.4. The number of nitrogens with one attached hydrogen (secondary N) is 1. The first-order chi connectivity index (χ1) is 11.1. The smallest absolute Gasteiger partial charge is 0.231 e. The summed E-state index contributed by atoms with van der Waals surface area (Å²) in [7, 11) is 1.59. The minimum absolute atomic E-state index is 0.108. The van der Waals surface area contributed by atoms with E-state index in [1.54, 1.807) is 25.2 Å². The van der Waals surface area contributed by atoms with Gasteiger partial charge in [0.1, 0.15) is 12.1 Å². The van der Waals surface area contributed by atoms with Crippen LogP contribution in [0.5, 0.6) is 0 Å². The summed E-state index contributed by atoms with van der Waals surface area (Å²) in [5.74, 6) is -1.12. The van der Waals surface area contributed by atoms with E-state index in [1.807, 2.05) is 0 Å². The number of aromatic nitrogens is 1. The van der Waals surface area contributed by atoms with E-state index >= 15 is 0 Å². The van der Waals surface area contributed by atoms with Crippen molar-refractivity contribution >= 4 is 17.6 Å². The number of hydrogen-bond donors (Lipinski definition) is 1. The van der Waals surface area contributed by atoms with E-state index in [0.29, 0.717) is 17.8 Å². The van der Waals surface area contributed by atoms with Gasteiger partial charge in [-0.3, -0.25) is 9.59 Å². The molecule has 3 rings (SSSR count). The van der Waals surface area contributed by atoms with E-state index < -0.39 is 17.8 Å². The van der Waals surface area contributed by atoms with Crippen LogP contribution in [0.3, 0.4) is 0 Å². The SMILES string of the molecule is CN1C(=O)CC[C@@H](C(=O)Nc2ccon2)[C@H]1c1ccccc1F. The second-order valence-corrected chi connectivity index (χ2v) is 5.49. The lowest BCUT2D eigenvalue weighted by molar-refractivity contribution is -0.140. The molecule has 0 saturated carbocycles. The number of amides is 2. The van der Waals surface area contributed by atoms with Gasteiger partial charge in [0.05, 0.1) is 12.0 Å². The summed E-state index contributed by atoms with van der Waals surface area (Å²) in [6, 6.07) is 7.07. The third-order valence-corrected chi connectivity index (χ3v) is 4.11. The number of rotatable bonds is 3. The van der Waals surface area contributed by atoms with E-state index in [0.717, 1.165) is 0 Å². The number of carbonyl (C=O) groups is 2. The minimum Gasteiger partial charge on any atom is -0.363 e. The van der Waals surface area contributed by atoms with Gasteiger partial charge in [-0.1, -0.05) is 23.4 Å². The molecule has 1 saturated heterocycles. The molecule has 2 heterocycles. The monoisotopic (exact) mass is 317 g/mol. The number of carbonyl (C=O) groups excluding carboxylic acids is 2. The van der Waals surface area contributed by atoms with E-state index in [-0.39, 0.29) is 18.2 Å². The molecular formula is C16H16FN3O3. The zero-order valence-corrected chi connectivity index (χ0v) is 12.5. The number of piperidine rings is 1. The molecule has 2 aromatic rings. The molecule has 1 N–H and O–H groups in total. The third kappa shape index (κ3) is 2.94. The maximum atomic E-state index is 14.2. The lowest BCUT2D eigenvalue weighted by atomic mass is 9.83. The lowest BCUT2D eigenvalue weighted by Crippen LogP contribution is -2.44. The van der Waals surface area contributed by atoms with Gasteiger partial charge in [-0.25, -0.2) is 4.39 Å². The first-order valence-electron chi connectivity index (χ1n) is 7.29. The highest BCUT2D eigenvalue weighted by atomic mass is 19.1. The van der Waals surface area contributed by atoms with Crippen LogP contribution < -0.4 is 5.32 Å². The molecule has 1 fully saturated rings.